The maximum atomic E-state index is 13.0. The summed E-state index contributed by atoms with van der Waals surface area (Å²) in [6.45, 7) is 1.27. The predicted octanol–water partition coefficient (Wildman–Crippen LogP) is 4.55. The van der Waals surface area contributed by atoms with Gasteiger partial charge in [0.15, 0.2) is 0 Å². The molecule has 4 nitrogen and oxygen atoms in total. The van der Waals surface area contributed by atoms with Gasteiger partial charge in [0.05, 0.1) is 0 Å². The monoisotopic (exact) mass is 384 g/mol. The second-order valence-electron chi connectivity index (χ2n) is 7.41. The van der Waals surface area contributed by atoms with Crippen LogP contribution in [0.25, 0.3) is 0 Å². The van der Waals surface area contributed by atoms with Crippen LogP contribution in [0.3, 0.4) is 0 Å². The minimum atomic E-state index is -0.0591. The first kappa shape index (κ1) is 18.9. The number of benzene rings is 3. The lowest BCUT2D eigenvalue weighted by Gasteiger charge is -2.29. The summed E-state index contributed by atoms with van der Waals surface area (Å²) in [6, 6.07) is 25.0. The van der Waals surface area contributed by atoms with E-state index in [1.54, 1.807) is 36.2 Å². The van der Waals surface area contributed by atoms with Crippen LogP contribution in [0.15, 0.2) is 78.9 Å². The maximum absolute atomic E-state index is 13.0. The number of anilines is 1. The molecule has 0 atom stereocenters. The Morgan fingerprint density at radius 1 is 0.862 bits per heavy atom. The van der Waals surface area contributed by atoms with Crippen LogP contribution in [0.2, 0.25) is 0 Å². The number of fused-ring (bicyclic) bond motifs is 1. The van der Waals surface area contributed by atoms with E-state index in [-0.39, 0.29) is 11.8 Å². The van der Waals surface area contributed by atoms with Crippen LogP contribution >= 0.6 is 0 Å². The Labute approximate surface area is 171 Å². The quantitative estimate of drug-likeness (QED) is 0.662. The normalized spacial score (nSPS) is 12.9. The molecule has 4 heteroatoms. The summed E-state index contributed by atoms with van der Waals surface area (Å²) in [5.41, 5.74) is 4.47. The number of amides is 2. The number of carbonyl (C=O) groups excluding carboxylic acids is 2. The molecule has 1 aliphatic heterocycles. The lowest BCUT2D eigenvalue weighted by Crippen LogP contribution is -2.35. The molecule has 0 fully saturated rings. The fraction of sp³-hybridized carbons (Fsp3) is 0.200. The fourth-order valence-electron chi connectivity index (χ4n) is 3.81. The molecule has 1 heterocycles. The highest BCUT2D eigenvalue weighted by molar-refractivity contribution is 6.07. The molecule has 0 N–H and O–H groups in total. The highest BCUT2D eigenvalue weighted by Crippen LogP contribution is 2.28. The van der Waals surface area contributed by atoms with Gasteiger partial charge in [-0.05, 0) is 54.3 Å². The van der Waals surface area contributed by atoms with Crippen LogP contribution < -0.4 is 4.90 Å². The molecule has 0 aromatic heterocycles. The third kappa shape index (κ3) is 4.06. The van der Waals surface area contributed by atoms with E-state index < -0.39 is 0 Å². The Hall–Kier alpha value is -3.40. The van der Waals surface area contributed by atoms with Gasteiger partial charge in [0.1, 0.15) is 0 Å². The van der Waals surface area contributed by atoms with E-state index in [2.05, 4.69) is 6.07 Å². The average Bonchev–Trinajstić information content (AvgIpc) is 2.78. The number of carbonyl (C=O) groups is 2. The zero-order chi connectivity index (χ0) is 20.2. The van der Waals surface area contributed by atoms with Crippen molar-refractivity contribution < 1.29 is 9.59 Å². The largest absolute Gasteiger partial charge is 0.337 e. The summed E-state index contributed by atoms with van der Waals surface area (Å²) in [7, 11) is 1.79. The van der Waals surface area contributed by atoms with Gasteiger partial charge in [0.25, 0.3) is 11.8 Å². The van der Waals surface area contributed by atoms with Crippen molar-refractivity contribution in [1.82, 2.24) is 4.90 Å². The van der Waals surface area contributed by atoms with Gasteiger partial charge < -0.3 is 9.80 Å². The highest BCUT2D eigenvalue weighted by atomic mass is 16.2. The molecule has 0 radical (unpaired) electrons. The van der Waals surface area contributed by atoms with Gasteiger partial charge >= 0.3 is 0 Å². The molecule has 4 rings (SSSR count). The minimum Gasteiger partial charge on any atom is -0.337 e. The summed E-state index contributed by atoms with van der Waals surface area (Å²) < 4.78 is 0. The van der Waals surface area contributed by atoms with E-state index in [1.165, 1.54) is 5.56 Å². The number of hydrogen-bond acceptors (Lipinski definition) is 2. The van der Waals surface area contributed by atoms with E-state index in [9.17, 15) is 9.59 Å². The van der Waals surface area contributed by atoms with Gasteiger partial charge in [-0.3, -0.25) is 9.59 Å². The average molecular weight is 384 g/mol. The van der Waals surface area contributed by atoms with Crippen molar-refractivity contribution in [2.75, 3.05) is 18.5 Å². The molecule has 3 aromatic carbocycles. The number of para-hydroxylation sites is 1. The van der Waals surface area contributed by atoms with Gasteiger partial charge in [0.2, 0.25) is 0 Å². The van der Waals surface area contributed by atoms with Crippen LogP contribution in [0.4, 0.5) is 5.69 Å². The first-order valence-electron chi connectivity index (χ1n) is 9.93. The standard InChI is InChI=1S/C25H24N2O2/c1-26(18-19-8-3-2-4-9-19)24(28)21-13-15-22(16-14-21)25(29)27-17-7-11-20-10-5-6-12-23(20)27/h2-6,8-10,12-16H,7,11,17-18H2,1H3. The van der Waals surface area contributed by atoms with Crippen molar-refractivity contribution in [2.24, 2.45) is 0 Å². The van der Waals surface area contributed by atoms with Gasteiger partial charge in [-0.25, -0.2) is 0 Å². The Morgan fingerprint density at radius 2 is 1.52 bits per heavy atom. The molecule has 0 saturated carbocycles. The third-order valence-electron chi connectivity index (χ3n) is 5.34. The Kier molecular flexibility index (Phi) is 5.43. The molecule has 0 aliphatic carbocycles. The molecule has 1 aliphatic rings. The van der Waals surface area contributed by atoms with Gasteiger partial charge in [-0.1, -0.05) is 48.5 Å². The molecule has 0 bridgehead atoms. The lowest BCUT2D eigenvalue weighted by atomic mass is 10.0. The molecule has 3 aromatic rings. The van der Waals surface area contributed by atoms with Gasteiger partial charge in [-0.15, -0.1) is 0 Å². The second-order valence-corrected chi connectivity index (χ2v) is 7.41. The van der Waals surface area contributed by atoms with Gasteiger partial charge in [0, 0.05) is 37.0 Å². The van der Waals surface area contributed by atoms with Crippen LogP contribution in [-0.4, -0.2) is 30.3 Å². The predicted molar refractivity (Wildman–Crippen MR) is 115 cm³/mol. The number of hydrogen-bond donors (Lipinski definition) is 0. The lowest BCUT2D eigenvalue weighted by molar-refractivity contribution is 0.0784. The third-order valence-corrected chi connectivity index (χ3v) is 5.34. The summed E-state index contributed by atoms with van der Waals surface area (Å²) >= 11 is 0. The fourth-order valence-corrected chi connectivity index (χ4v) is 3.81. The smallest absolute Gasteiger partial charge is 0.258 e. The van der Waals surface area contributed by atoms with Crippen LogP contribution in [-0.2, 0) is 13.0 Å². The first-order chi connectivity index (χ1) is 14.1. The number of aryl methyl sites for hydroxylation is 1. The highest BCUT2D eigenvalue weighted by Gasteiger charge is 2.23. The SMILES string of the molecule is CN(Cc1ccccc1)C(=O)c1ccc(C(=O)N2CCCc3ccccc32)cc1. The summed E-state index contributed by atoms with van der Waals surface area (Å²) in [4.78, 5) is 29.3. The summed E-state index contributed by atoms with van der Waals surface area (Å²) in [5, 5.41) is 0. The van der Waals surface area contributed by atoms with Crippen molar-refractivity contribution in [3.8, 4) is 0 Å². The topological polar surface area (TPSA) is 40.6 Å². The van der Waals surface area contributed by atoms with Crippen LogP contribution in [0.5, 0.6) is 0 Å². The van der Waals surface area contributed by atoms with E-state index in [4.69, 9.17) is 0 Å². The maximum Gasteiger partial charge on any atom is 0.258 e. The van der Waals surface area contributed by atoms with Crippen molar-refractivity contribution in [2.45, 2.75) is 19.4 Å². The van der Waals surface area contributed by atoms with E-state index in [1.807, 2.05) is 53.4 Å². The van der Waals surface area contributed by atoms with E-state index in [0.29, 0.717) is 17.7 Å². The van der Waals surface area contributed by atoms with Crippen LogP contribution in [0.1, 0.15) is 38.3 Å². The number of rotatable bonds is 4. The zero-order valence-electron chi connectivity index (χ0n) is 16.5. The van der Waals surface area contributed by atoms with E-state index in [0.717, 1.165) is 30.6 Å². The van der Waals surface area contributed by atoms with Crippen molar-refractivity contribution >= 4 is 17.5 Å². The van der Waals surface area contributed by atoms with Crippen molar-refractivity contribution in [1.29, 1.82) is 0 Å². The molecule has 0 unspecified atom stereocenters. The number of nitrogens with zero attached hydrogens (tertiary/aromatic N) is 2. The molecule has 146 valence electrons. The Balaban J connectivity index is 1.48. The molecular weight excluding hydrogens is 360 g/mol. The van der Waals surface area contributed by atoms with Crippen LogP contribution in [0, 0.1) is 0 Å². The molecule has 2 amide bonds. The van der Waals surface area contributed by atoms with Gasteiger partial charge in [-0.2, -0.15) is 0 Å². The summed E-state index contributed by atoms with van der Waals surface area (Å²) in [5.74, 6) is -0.0787. The molecule has 29 heavy (non-hydrogen) atoms. The Morgan fingerprint density at radius 3 is 2.28 bits per heavy atom. The molecular formula is C25H24N2O2. The second kappa shape index (κ2) is 8.31. The molecule has 0 spiro atoms. The zero-order valence-corrected chi connectivity index (χ0v) is 16.5. The van der Waals surface area contributed by atoms with Crippen molar-refractivity contribution in [3.63, 3.8) is 0 Å². The first-order valence-corrected chi connectivity index (χ1v) is 9.93. The minimum absolute atomic E-state index is 0.0196. The Bertz CT molecular complexity index is 1010. The molecule has 0 saturated heterocycles. The van der Waals surface area contributed by atoms with Crippen molar-refractivity contribution in [3.05, 3.63) is 101 Å². The van der Waals surface area contributed by atoms with E-state index >= 15 is 0 Å². The summed E-state index contributed by atoms with van der Waals surface area (Å²) in [6.07, 6.45) is 1.96.